The molecule has 1 fully saturated rings. The first kappa shape index (κ1) is 46.1. The number of piperidine rings is 1. The summed E-state index contributed by atoms with van der Waals surface area (Å²) in [6.07, 6.45) is 0.515. The Balaban J connectivity index is 0.773. The molecule has 2 heterocycles. The van der Waals surface area contributed by atoms with Gasteiger partial charge in [0.15, 0.2) is 0 Å². The number of anilines is 1. The van der Waals surface area contributed by atoms with Crippen LogP contribution in [0.25, 0.3) is 22.0 Å². The second kappa shape index (κ2) is 22.2. The number of nitrogens with zero attached hydrogens (tertiary/aromatic N) is 1. The van der Waals surface area contributed by atoms with E-state index in [1.807, 2.05) is 85.8 Å². The molecule has 65 heavy (non-hydrogen) atoms. The van der Waals surface area contributed by atoms with Gasteiger partial charge in [-0.3, -0.25) is 19.7 Å². The van der Waals surface area contributed by atoms with E-state index in [0.717, 1.165) is 40.9 Å². The van der Waals surface area contributed by atoms with Crippen molar-refractivity contribution in [2.75, 3.05) is 31.5 Å². The standard InChI is InChI=1S/C51H55FN6O7/c1-33(53-32-46(60)41-16-19-45(59)50-42(41)17-20-48(62)57-50)27-36-15-18-43(52)38(28-36)29-49(63)55-31-35-13-11-34(12-14-35)30-54-47(61)23-26-58-24-21-39(22-25-58)65-51(64)56-44-10-6-5-9-40(44)37-7-3-2-4-8-37/h2-20,28,33,39,46,53,59-60H,21-27,29-32H2,1H3,(H,54,61)(H,55,63)(H,56,64)(H,57,62)/t33?,46-/m0/s1. The fourth-order valence-corrected chi connectivity index (χ4v) is 8.05. The molecule has 13 nitrogen and oxygen atoms in total. The molecule has 6 aromatic rings. The van der Waals surface area contributed by atoms with Crippen molar-refractivity contribution in [2.24, 2.45) is 0 Å². The predicted molar refractivity (Wildman–Crippen MR) is 249 cm³/mol. The lowest BCUT2D eigenvalue weighted by Crippen LogP contribution is -2.40. The molecule has 1 saturated heterocycles. The van der Waals surface area contributed by atoms with Gasteiger partial charge in [-0.15, -0.1) is 0 Å². The van der Waals surface area contributed by atoms with Crippen LogP contribution in [0.4, 0.5) is 14.9 Å². The summed E-state index contributed by atoms with van der Waals surface area (Å²) in [5.41, 5.74) is 5.97. The van der Waals surface area contributed by atoms with Crippen LogP contribution < -0.4 is 26.8 Å². The molecular weight excluding hydrogens is 828 g/mol. The maximum absolute atomic E-state index is 14.8. The van der Waals surface area contributed by atoms with Gasteiger partial charge in [-0.25, -0.2) is 9.18 Å². The van der Waals surface area contributed by atoms with Crippen LogP contribution in [0, 0.1) is 5.82 Å². The topological polar surface area (TPSA) is 185 Å². The van der Waals surface area contributed by atoms with Crippen molar-refractivity contribution in [1.29, 1.82) is 0 Å². The minimum Gasteiger partial charge on any atom is -0.506 e. The third-order valence-corrected chi connectivity index (χ3v) is 11.6. The maximum Gasteiger partial charge on any atom is 0.411 e. The number of aromatic amines is 1. The quantitative estimate of drug-likeness (QED) is 0.0484. The summed E-state index contributed by atoms with van der Waals surface area (Å²) < 4.78 is 20.6. The van der Waals surface area contributed by atoms with Crippen molar-refractivity contribution in [2.45, 2.75) is 70.4 Å². The molecule has 338 valence electrons. The first-order chi connectivity index (χ1) is 31.5. The molecule has 0 saturated carbocycles. The zero-order valence-electron chi connectivity index (χ0n) is 36.3. The number of carbonyl (C=O) groups is 3. The van der Waals surface area contributed by atoms with Crippen LogP contribution in [0.15, 0.2) is 126 Å². The Kier molecular flexibility index (Phi) is 15.7. The number of H-pyrrole nitrogens is 1. The van der Waals surface area contributed by atoms with Gasteiger partial charge in [-0.1, -0.05) is 91.0 Å². The highest BCUT2D eigenvalue weighted by Crippen LogP contribution is 2.30. The zero-order valence-corrected chi connectivity index (χ0v) is 36.3. The Hall–Kier alpha value is -6.87. The number of ether oxygens (including phenoxy) is 1. The van der Waals surface area contributed by atoms with Crippen LogP contribution in [0.2, 0.25) is 0 Å². The number of amides is 3. The number of para-hydroxylation sites is 1. The summed E-state index contributed by atoms with van der Waals surface area (Å²) in [6, 6.07) is 35.6. The number of fused-ring (bicyclic) bond motifs is 1. The molecule has 1 aliphatic heterocycles. The van der Waals surface area contributed by atoms with E-state index < -0.39 is 18.0 Å². The van der Waals surface area contributed by atoms with Crippen molar-refractivity contribution in [3.05, 3.63) is 165 Å². The number of benzene rings is 5. The molecule has 7 N–H and O–H groups in total. The van der Waals surface area contributed by atoms with Gasteiger partial charge in [0.05, 0.1) is 23.7 Å². The summed E-state index contributed by atoms with van der Waals surface area (Å²) in [5.74, 6) is -0.934. The van der Waals surface area contributed by atoms with E-state index in [4.69, 9.17) is 4.74 Å². The number of halogens is 1. The molecule has 7 rings (SSSR count). The van der Waals surface area contributed by atoms with Gasteiger partial charge in [0.2, 0.25) is 17.4 Å². The zero-order chi connectivity index (χ0) is 45.7. The highest BCUT2D eigenvalue weighted by atomic mass is 19.1. The van der Waals surface area contributed by atoms with Crippen LogP contribution in [0.3, 0.4) is 0 Å². The van der Waals surface area contributed by atoms with Crippen molar-refractivity contribution in [1.82, 2.24) is 25.8 Å². The lowest BCUT2D eigenvalue weighted by molar-refractivity contribution is -0.122. The van der Waals surface area contributed by atoms with Crippen molar-refractivity contribution >= 4 is 34.5 Å². The highest BCUT2D eigenvalue weighted by molar-refractivity contribution is 5.91. The Bertz CT molecular complexity index is 2630. The third kappa shape index (κ3) is 13.1. The second-order valence-electron chi connectivity index (χ2n) is 16.5. The number of hydrogen-bond donors (Lipinski definition) is 7. The number of rotatable bonds is 18. The van der Waals surface area contributed by atoms with Gasteiger partial charge < -0.3 is 40.8 Å². The van der Waals surface area contributed by atoms with Gasteiger partial charge in [-0.2, -0.15) is 0 Å². The van der Waals surface area contributed by atoms with E-state index in [9.17, 15) is 33.8 Å². The summed E-state index contributed by atoms with van der Waals surface area (Å²) in [7, 11) is 0. The number of likely N-dealkylation sites (tertiary alicyclic amines) is 1. The van der Waals surface area contributed by atoms with E-state index >= 15 is 0 Å². The Morgan fingerprint density at radius 3 is 2.25 bits per heavy atom. The van der Waals surface area contributed by atoms with Gasteiger partial charge in [0, 0.05) is 68.7 Å². The number of aromatic hydroxyl groups is 1. The molecule has 1 aromatic heterocycles. The molecule has 3 amide bonds. The van der Waals surface area contributed by atoms with Crippen LogP contribution >= 0.6 is 0 Å². The van der Waals surface area contributed by atoms with Gasteiger partial charge >= 0.3 is 6.09 Å². The number of pyridine rings is 1. The van der Waals surface area contributed by atoms with E-state index in [1.54, 1.807) is 24.3 Å². The molecule has 5 aromatic carbocycles. The minimum atomic E-state index is -0.922. The van der Waals surface area contributed by atoms with Crippen LogP contribution in [0.5, 0.6) is 5.75 Å². The first-order valence-corrected chi connectivity index (χ1v) is 22.0. The Morgan fingerprint density at radius 2 is 1.51 bits per heavy atom. The number of phenolic OH excluding ortho intramolecular Hbond substituents is 1. The summed E-state index contributed by atoms with van der Waals surface area (Å²) in [5, 5.41) is 33.7. The Labute approximate surface area is 377 Å². The van der Waals surface area contributed by atoms with E-state index in [1.165, 1.54) is 18.2 Å². The first-order valence-electron chi connectivity index (χ1n) is 22.0. The molecule has 0 bridgehead atoms. The number of aliphatic hydroxyl groups excluding tert-OH is 1. The summed E-state index contributed by atoms with van der Waals surface area (Å²) in [4.78, 5) is 54.9. The smallest absolute Gasteiger partial charge is 0.411 e. The van der Waals surface area contributed by atoms with Crippen molar-refractivity contribution in [3.63, 3.8) is 0 Å². The Morgan fingerprint density at radius 1 is 0.831 bits per heavy atom. The molecule has 1 unspecified atom stereocenters. The minimum absolute atomic E-state index is 0.0585. The largest absolute Gasteiger partial charge is 0.506 e. The predicted octanol–water partition coefficient (Wildman–Crippen LogP) is 6.87. The monoisotopic (exact) mass is 882 g/mol. The average molecular weight is 883 g/mol. The number of hydrogen-bond acceptors (Lipinski definition) is 9. The second-order valence-corrected chi connectivity index (χ2v) is 16.5. The van der Waals surface area contributed by atoms with Gasteiger partial charge in [0.25, 0.3) is 0 Å². The molecule has 0 radical (unpaired) electrons. The fourth-order valence-electron chi connectivity index (χ4n) is 8.05. The number of nitrogens with one attached hydrogen (secondary N) is 5. The molecule has 1 aliphatic rings. The van der Waals surface area contributed by atoms with Crippen LogP contribution in [-0.4, -0.2) is 76.3 Å². The summed E-state index contributed by atoms with van der Waals surface area (Å²) in [6.45, 7) is 4.83. The van der Waals surface area contributed by atoms with E-state index in [2.05, 4.69) is 31.2 Å². The van der Waals surface area contributed by atoms with Crippen LogP contribution in [0.1, 0.15) is 60.1 Å². The lowest BCUT2D eigenvalue weighted by Gasteiger charge is -2.31. The third-order valence-electron chi connectivity index (χ3n) is 11.6. The van der Waals surface area contributed by atoms with E-state index in [0.29, 0.717) is 55.4 Å². The van der Waals surface area contributed by atoms with E-state index in [-0.39, 0.29) is 65.9 Å². The van der Waals surface area contributed by atoms with Crippen molar-refractivity contribution in [3.8, 4) is 16.9 Å². The molecule has 0 aliphatic carbocycles. The van der Waals surface area contributed by atoms with Gasteiger partial charge in [0.1, 0.15) is 17.7 Å². The molecule has 0 spiro atoms. The molecule has 2 atom stereocenters. The lowest BCUT2D eigenvalue weighted by atomic mass is 10.0. The number of aliphatic hydroxyl groups is 1. The fraction of sp³-hybridized carbons (Fsp3) is 0.294. The normalized spacial score (nSPS) is 14.1. The number of phenols is 1. The molecular formula is C51H55FN6O7. The number of aromatic nitrogens is 1. The SMILES string of the molecule is CC(Cc1ccc(F)c(CC(=O)NCc2ccc(CNC(=O)CCN3CCC(OC(=O)Nc4ccccc4-c4ccccc4)CC3)cc2)c1)NC[C@H](O)c1ccc(O)c2[nH]c(=O)ccc12. The van der Waals surface area contributed by atoms with Crippen molar-refractivity contribution < 1.29 is 33.7 Å². The number of carbonyl (C=O) groups excluding carboxylic acids is 3. The summed E-state index contributed by atoms with van der Waals surface area (Å²) >= 11 is 0. The molecule has 14 heteroatoms. The average Bonchev–Trinajstić information content (AvgIpc) is 3.31. The van der Waals surface area contributed by atoms with Gasteiger partial charge in [-0.05, 0) is 83.8 Å². The highest BCUT2D eigenvalue weighted by Gasteiger charge is 2.23. The maximum atomic E-state index is 14.8. The van der Waals surface area contributed by atoms with Crippen LogP contribution in [-0.2, 0) is 40.3 Å².